The fourth-order valence-corrected chi connectivity index (χ4v) is 2.46. The second-order valence-electron chi connectivity index (χ2n) is 4.52. The topological polar surface area (TPSA) is 29.5 Å². The lowest BCUT2D eigenvalue weighted by molar-refractivity contribution is -0.135. The summed E-state index contributed by atoms with van der Waals surface area (Å²) in [5.74, 6) is 0.189. The number of morpholine rings is 1. The highest BCUT2D eigenvalue weighted by Gasteiger charge is 2.25. The van der Waals surface area contributed by atoms with Crippen LogP contribution in [0.4, 0.5) is 0 Å². The van der Waals surface area contributed by atoms with E-state index in [-0.39, 0.29) is 11.9 Å². The fourth-order valence-electron chi connectivity index (χ4n) is 2.10. The van der Waals surface area contributed by atoms with Crippen molar-refractivity contribution in [1.29, 1.82) is 0 Å². The number of likely N-dealkylation sites (N-methyl/N-ethyl adjacent to an activating group) is 1. The summed E-state index contributed by atoms with van der Waals surface area (Å²) in [5.41, 5.74) is 1.07. The van der Waals surface area contributed by atoms with Gasteiger partial charge in [-0.15, -0.1) is 0 Å². The quantitative estimate of drug-likeness (QED) is 0.772. The molecule has 1 fully saturated rings. The molecule has 1 unspecified atom stereocenters. The van der Waals surface area contributed by atoms with Gasteiger partial charge in [0.1, 0.15) is 6.10 Å². The van der Waals surface area contributed by atoms with Crippen molar-refractivity contribution in [2.45, 2.75) is 19.4 Å². The number of nitrogens with zero attached hydrogens (tertiary/aromatic N) is 1. The van der Waals surface area contributed by atoms with Gasteiger partial charge in [0.05, 0.1) is 6.61 Å². The maximum absolute atomic E-state index is 12.2. The molecule has 18 heavy (non-hydrogen) atoms. The van der Waals surface area contributed by atoms with E-state index in [0.29, 0.717) is 13.0 Å². The summed E-state index contributed by atoms with van der Waals surface area (Å²) in [6.45, 7) is 5.43. The number of ketones is 1. The summed E-state index contributed by atoms with van der Waals surface area (Å²) in [6, 6.07) is 8.09. The van der Waals surface area contributed by atoms with Crippen LogP contribution in [0.25, 0.3) is 0 Å². The van der Waals surface area contributed by atoms with E-state index in [1.165, 1.54) is 3.57 Å². The van der Waals surface area contributed by atoms with Crippen molar-refractivity contribution in [3.05, 3.63) is 33.4 Å². The lowest BCUT2D eigenvalue weighted by Gasteiger charge is -2.31. The van der Waals surface area contributed by atoms with Crippen molar-refractivity contribution >= 4 is 28.4 Å². The van der Waals surface area contributed by atoms with E-state index in [0.717, 1.165) is 25.2 Å². The standard InChI is InChI=1S/C14H18INO2/c1-2-16-7-8-18-14(10-16)13(17)9-11-3-5-12(15)6-4-11/h3-6,14H,2,7-10H2,1H3. The molecule has 0 aromatic heterocycles. The minimum absolute atomic E-state index is 0.189. The fraction of sp³-hybridized carbons (Fsp3) is 0.500. The van der Waals surface area contributed by atoms with E-state index in [9.17, 15) is 4.79 Å². The third-order valence-corrected chi connectivity index (χ3v) is 3.97. The van der Waals surface area contributed by atoms with E-state index in [1.54, 1.807) is 0 Å². The van der Waals surface area contributed by atoms with Gasteiger partial charge in [-0.2, -0.15) is 0 Å². The molecule has 1 aliphatic heterocycles. The van der Waals surface area contributed by atoms with Gasteiger partial charge in [-0.1, -0.05) is 19.1 Å². The Bertz CT molecular complexity index is 405. The Morgan fingerprint density at radius 1 is 1.44 bits per heavy atom. The summed E-state index contributed by atoms with van der Waals surface area (Å²) < 4.78 is 6.76. The van der Waals surface area contributed by atoms with Crippen LogP contribution in [0.1, 0.15) is 12.5 Å². The van der Waals surface area contributed by atoms with Gasteiger partial charge in [0, 0.05) is 23.1 Å². The molecule has 1 heterocycles. The van der Waals surface area contributed by atoms with Gasteiger partial charge in [-0.3, -0.25) is 9.69 Å². The zero-order valence-corrected chi connectivity index (χ0v) is 12.7. The van der Waals surface area contributed by atoms with E-state index in [1.807, 2.05) is 24.3 Å². The number of halogens is 1. The van der Waals surface area contributed by atoms with Crippen molar-refractivity contribution in [2.24, 2.45) is 0 Å². The Hall–Kier alpha value is -0.460. The summed E-state index contributed by atoms with van der Waals surface area (Å²) in [5, 5.41) is 0. The van der Waals surface area contributed by atoms with Crippen molar-refractivity contribution in [1.82, 2.24) is 4.90 Å². The van der Waals surface area contributed by atoms with Crippen molar-refractivity contribution in [3.8, 4) is 0 Å². The predicted molar refractivity (Wildman–Crippen MR) is 79.7 cm³/mol. The SMILES string of the molecule is CCN1CCOC(C(=O)Cc2ccc(I)cc2)C1. The molecule has 0 N–H and O–H groups in total. The highest BCUT2D eigenvalue weighted by atomic mass is 127. The molecular weight excluding hydrogens is 341 g/mol. The molecule has 1 aromatic carbocycles. The monoisotopic (exact) mass is 359 g/mol. The van der Waals surface area contributed by atoms with Crippen LogP contribution in [0.2, 0.25) is 0 Å². The second kappa shape index (κ2) is 6.63. The normalized spacial score (nSPS) is 20.9. The summed E-state index contributed by atoms with van der Waals surface area (Å²) in [4.78, 5) is 14.4. The first-order chi connectivity index (χ1) is 8.69. The number of carbonyl (C=O) groups excluding carboxylic acids is 1. The smallest absolute Gasteiger partial charge is 0.167 e. The highest BCUT2D eigenvalue weighted by molar-refractivity contribution is 14.1. The average molecular weight is 359 g/mol. The summed E-state index contributed by atoms with van der Waals surface area (Å²) in [7, 11) is 0. The molecule has 0 bridgehead atoms. The van der Waals surface area contributed by atoms with Crippen LogP contribution in [-0.4, -0.2) is 43.0 Å². The first-order valence-corrected chi connectivity index (χ1v) is 7.38. The number of rotatable bonds is 4. The first kappa shape index (κ1) is 14.0. The number of carbonyl (C=O) groups is 1. The van der Waals surface area contributed by atoms with Crippen molar-refractivity contribution in [3.63, 3.8) is 0 Å². The van der Waals surface area contributed by atoms with Gasteiger partial charge in [-0.05, 0) is 46.8 Å². The summed E-state index contributed by atoms with van der Waals surface area (Å²) in [6.07, 6.45) is 0.219. The predicted octanol–water partition coefficient (Wildman–Crippen LogP) is 2.12. The van der Waals surface area contributed by atoms with E-state index < -0.39 is 0 Å². The number of hydrogen-bond acceptors (Lipinski definition) is 3. The van der Waals surface area contributed by atoms with Gasteiger partial charge < -0.3 is 4.74 Å². The molecule has 0 saturated carbocycles. The molecular formula is C14H18INO2. The van der Waals surface area contributed by atoms with E-state index >= 15 is 0 Å². The average Bonchev–Trinajstić information content (AvgIpc) is 2.41. The molecule has 1 saturated heterocycles. The second-order valence-corrected chi connectivity index (χ2v) is 5.77. The zero-order valence-electron chi connectivity index (χ0n) is 10.6. The Balaban J connectivity index is 1.93. The maximum atomic E-state index is 12.2. The molecule has 1 atom stereocenters. The highest BCUT2D eigenvalue weighted by Crippen LogP contribution is 2.11. The van der Waals surface area contributed by atoms with Gasteiger partial charge in [0.2, 0.25) is 0 Å². The molecule has 0 amide bonds. The van der Waals surface area contributed by atoms with Gasteiger partial charge in [0.15, 0.2) is 5.78 Å². The lowest BCUT2D eigenvalue weighted by Crippen LogP contribution is -2.46. The molecule has 0 aliphatic carbocycles. The molecule has 0 spiro atoms. The van der Waals surface area contributed by atoms with Crippen LogP contribution in [0.3, 0.4) is 0 Å². The van der Waals surface area contributed by atoms with Gasteiger partial charge in [0.25, 0.3) is 0 Å². The van der Waals surface area contributed by atoms with E-state index in [2.05, 4.69) is 34.4 Å². The molecule has 3 nitrogen and oxygen atoms in total. The lowest BCUT2D eigenvalue weighted by atomic mass is 10.0. The van der Waals surface area contributed by atoms with Gasteiger partial charge >= 0.3 is 0 Å². The summed E-state index contributed by atoms with van der Waals surface area (Å²) >= 11 is 2.26. The van der Waals surface area contributed by atoms with Crippen LogP contribution in [-0.2, 0) is 16.0 Å². The van der Waals surface area contributed by atoms with Crippen molar-refractivity contribution < 1.29 is 9.53 Å². The number of ether oxygens (including phenoxy) is 1. The first-order valence-electron chi connectivity index (χ1n) is 6.30. The number of Topliss-reactive ketones (excluding diaryl/α,β-unsaturated/α-hetero) is 1. The Kier molecular flexibility index (Phi) is 5.14. The molecule has 1 aromatic rings. The molecule has 1 aliphatic rings. The Labute approximate surface area is 122 Å². The minimum atomic E-state index is -0.252. The third kappa shape index (κ3) is 3.76. The van der Waals surface area contributed by atoms with Crippen LogP contribution < -0.4 is 0 Å². The number of hydrogen-bond donors (Lipinski definition) is 0. The third-order valence-electron chi connectivity index (χ3n) is 3.25. The van der Waals surface area contributed by atoms with Crippen LogP contribution in [0.5, 0.6) is 0 Å². The minimum Gasteiger partial charge on any atom is -0.368 e. The number of benzene rings is 1. The zero-order chi connectivity index (χ0) is 13.0. The van der Waals surface area contributed by atoms with E-state index in [4.69, 9.17) is 4.74 Å². The molecule has 2 rings (SSSR count). The molecule has 4 heteroatoms. The van der Waals surface area contributed by atoms with Crippen LogP contribution >= 0.6 is 22.6 Å². The molecule has 0 radical (unpaired) electrons. The van der Waals surface area contributed by atoms with Crippen LogP contribution in [0, 0.1) is 3.57 Å². The largest absolute Gasteiger partial charge is 0.368 e. The van der Waals surface area contributed by atoms with Crippen LogP contribution in [0.15, 0.2) is 24.3 Å². The Morgan fingerprint density at radius 3 is 2.83 bits per heavy atom. The molecule has 98 valence electrons. The Morgan fingerprint density at radius 2 is 2.17 bits per heavy atom. The van der Waals surface area contributed by atoms with Crippen molar-refractivity contribution in [2.75, 3.05) is 26.2 Å². The van der Waals surface area contributed by atoms with Gasteiger partial charge in [-0.25, -0.2) is 0 Å². The maximum Gasteiger partial charge on any atom is 0.167 e.